The van der Waals surface area contributed by atoms with E-state index in [-0.39, 0.29) is 0 Å². The second kappa shape index (κ2) is 8.11. The highest BCUT2D eigenvalue weighted by molar-refractivity contribution is 5.94. The van der Waals surface area contributed by atoms with Gasteiger partial charge in [0.2, 0.25) is 0 Å². The maximum absolute atomic E-state index is 14.4. The van der Waals surface area contributed by atoms with Crippen LogP contribution in [0.4, 0.5) is 10.1 Å². The number of fused-ring (bicyclic) bond motifs is 1. The van der Waals surface area contributed by atoms with Gasteiger partial charge in [-0.15, -0.1) is 0 Å². The molecule has 1 aliphatic heterocycles. The molecular weight excluding hydrogens is 377 g/mol. The lowest BCUT2D eigenvalue weighted by atomic mass is 9.78. The fourth-order valence-corrected chi connectivity index (χ4v) is 4.00. The highest BCUT2D eigenvalue weighted by Gasteiger charge is 2.45. The summed E-state index contributed by atoms with van der Waals surface area (Å²) in [5.74, 6) is -0.287. The number of esters is 1. The third-order valence-electron chi connectivity index (χ3n) is 5.40. The van der Waals surface area contributed by atoms with Crippen molar-refractivity contribution in [2.75, 3.05) is 25.1 Å². The molecule has 0 bridgehead atoms. The van der Waals surface area contributed by atoms with E-state index in [0.29, 0.717) is 48.8 Å². The van der Waals surface area contributed by atoms with Crippen LogP contribution in [0.25, 0.3) is 0 Å². The molecule has 2 aliphatic rings. The van der Waals surface area contributed by atoms with Crippen molar-refractivity contribution in [2.45, 2.75) is 31.1 Å². The number of anilines is 1. The number of amides is 1. The molecule has 0 unspecified atom stereocenters. The van der Waals surface area contributed by atoms with Crippen LogP contribution >= 0.6 is 0 Å². The Morgan fingerprint density at radius 1 is 1.03 bits per heavy atom. The van der Waals surface area contributed by atoms with E-state index in [1.807, 2.05) is 0 Å². The fraction of sp³-hybridized carbons (Fsp3) is 0.364. The molecule has 2 aromatic rings. The summed E-state index contributed by atoms with van der Waals surface area (Å²) in [4.78, 5) is 25.1. The van der Waals surface area contributed by atoms with Crippen molar-refractivity contribution in [3.8, 4) is 11.5 Å². The molecule has 1 N–H and O–H groups in total. The average Bonchev–Trinajstić information content (AvgIpc) is 3.23. The zero-order chi connectivity index (χ0) is 20.3. The van der Waals surface area contributed by atoms with E-state index in [1.54, 1.807) is 36.4 Å². The van der Waals surface area contributed by atoms with Gasteiger partial charge in [0.15, 0.2) is 18.1 Å². The zero-order valence-corrected chi connectivity index (χ0v) is 15.9. The van der Waals surface area contributed by atoms with Gasteiger partial charge in [0, 0.05) is 17.3 Å². The Balaban J connectivity index is 1.41. The average molecular weight is 399 g/mol. The number of hydrogen-bond acceptors (Lipinski definition) is 5. The minimum absolute atomic E-state index is 0.342. The zero-order valence-electron chi connectivity index (χ0n) is 15.9. The molecule has 1 aliphatic carbocycles. The summed E-state index contributed by atoms with van der Waals surface area (Å²) in [7, 11) is 0. The molecule has 0 atom stereocenters. The fourth-order valence-electron chi connectivity index (χ4n) is 4.00. The highest BCUT2D eigenvalue weighted by Crippen LogP contribution is 2.43. The number of ether oxygens (including phenoxy) is 3. The maximum atomic E-state index is 14.4. The second-order valence-corrected chi connectivity index (χ2v) is 7.25. The number of carbonyl (C=O) groups excluding carboxylic acids is 2. The van der Waals surface area contributed by atoms with Gasteiger partial charge in [-0.2, -0.15) is 0 Å². The molecule has 152 valence electrons. The highest BCUT2D eigenvalue weighted by atomic mass is 19.1. The van der Waals surface area contributed by atoms with Crippen molar-refractivity contribution >= 4 is 17.6 Å². The summed E-state index contributed by atoms with van der Waals surface area (Å²) in [5.41, 5.74) is -0.169. The quantitative estimate of drug-likeness (QED) is 0.778. The van der Waals surface area contributed by atoms with Gasteiger partial charge in [-0.05, 0) is 31.0 Å². The van der Waals surface area contributed by atoms with Crippen LogP contribution in [0.15, 0.2) is 42.5 Å². The first-order valence-corrected chi connectivity index (χ1v) is 9.70. The Morgan fingerprint density at radius 3 is 2.52 bits per heavy atom. The van der Waals surface area contributed by atoms with Crippen molar-refractivity contribution in [3.05, 3.63) is 53.8 Å². The number of carbonyl (C=O) groups is 2. The first-order chi connectivity index (χ1) is 14.1. The Bertz CT molecular complexity index is 923. The normalized spacial score (nSPS) is 16.9. The molecule has 4 rings (SSSR count). The molecule has 1 saturated carbocycles. The minimum Gasteiger partial charge on any atom is -0.486 e. The minimum atomic E-state index is -1.03. The third-order valence-corrected chi connectivity index (χ3v) is 5.40. The summed E-state index contributed by atoms with van der Waals surface area (Å²) in [5, 5.41) is 2.68. The monoisotopic (exact) mass is 399 g/mol. The van der Waals surface area contributed by atoms with Crippen LogP contribution in [0.2, 0.25) is 0 Å². The molecule has 1 amide bonds. The lowest BCUT2D eigenvalue weighted by molar-refractivity contribution is -0.153. The van der Waals surface area contributed by atoms with E-state index >= 15 is 0 Å². The van der Waals surface area contributed by atoms with Gasteiger partial charge >= 0.3 is 5.97 Å². The summed E-state index contributed by atoms with van der Waals surface area (Å²) in [6.45, 7) is 0.488. The molecule has 2 aromatic carbocycles. The lowest BCUT2D eigenvalue weighted by Crippen LogP contribution is -2.37. The van der Waals surface area contributed by atoms with E-state index in [1.165, 1.54) is 6.07 Å². The van der Waals surface area contributed by atoms with Gasteiger partial charge in [0.1, 0.15) is 19.0 Å². The molecule has 6 nitrogen and oxygen atoms in total. The summed E-state index contributed by atoms with van der Waals surface area (Å²) < 4.78 is 30.6. The molecule has 1 fully saturated rings. The number of halogens is 1. The number of nitrogens with one attached hydrogen (secondary N) is 1. The van der Waals surface area contributed by atoms with Crippen LogP contribution in [-0.2, 0) is 19.7 Å². The van der Waals surface area contributed by atoms with Crippen LogP contribution < -0.4 is 14.8 Å². The van der Waals surface area contributed by atoms with E-state index in [0.717, 1.165) is 12.8 Å². The topological polar surface area (TPSA) is 73.9 Å². The summed E-state index contributed by atoms with van der Waals surface area (Å²) >= 11 is 0. The number of hydrogen-bond donors (Lipinski definition) is 1. The molecular formula is C22H22FNO5. The molecule has 7 heteroatoms. The maximum Gasteiger partial charge on any atom is 0.317 e. The van der Waals surface area contributed by atoms with E-state index in [2.05, 4.69) is 5.32 Å². The van der Waals surface area contributed by atoms with Crippen molar-refractivity contribution in [2.24, 2.45) is 0 Å². The standard InChI is InChI=1S/C22H22FNO5/c23-17-6-2-1-5-16(17)22(9-3-4-10-22)21(26)29-14-20(25)24-15-7-8-18-19(13-15)28-12-11-27-18/h1-2,5-8,13H,3-4,9-12,14H2,(H,24,25). The van der Waals surface area contributed by atoms with E-state index in [9.17, 15) is 14.0 Å². The van der Waals surface area contributed by atoms with Gasteiger partial charge in [-0.1, -0.05) is 31.0 Å². The third kappa shape index (κ3) is 3.90. The van der Waals surface area contributed by atoms with Crippen LogP contribution in [0.5, 0.6) is 11.5 Å². The molecule has 0 spiro atoms. The first-order valence-electron chi connectivity index (χ1n) is 9.70. The molecule has 0 aromatic heterocycles. The molecule has 1 heterocycles. The molecule has 0 radical (unpaired) electrons. The van der Waals surface area contributed by atoms with Crippen LogP contribution in [-0.4, -0.2) is 31.7 Å². The molecule has 0 saturated heterocycles. The summed E-state index contributed by atoms with van der Waals surface area (Å²) in [6.07, 6.45) is 2.65. The van der Waals surface area contributed by atoms with Gasteiger partial charge in [0.25, 0.3) is 5.91 Å². The number of benzene rings is 2. The van der Waals surface area contributed by atoms with Gasteiger partial charge in [-0.3, -0.25) is 9.59 Å². The Kier molecular flexibility index (Phi) is 5.38. The predicted molar refractivity (Wildman–Crippen MR) is 104 cm³/mol. The van der Waals surface area contributed by atoms with Crippen molar-refractivity contribution in [1.82, 2.24) is 0 Å². The van der Waals surface area contributed by atoms with Crippen molar-refractivity contribution < 1.29 is 28.2 Å². The smallest absolute Gasteiger partial charge is 0.317 e. The Hall–Kier alpha value is -3.09. The Labute approximate surface area is 168 Å². The second-order valence-electron chi connectivity index (χ2n) is 7.25. The van der Waals surface area contributed by atoms with E-state index in [4.69, 9.17) is 14.2 Å². The van der Waals surface area contributed by atoms with Gasteiger partial charge < -0.3 is 19.5 Å². The summed E-state index contributed by atoms with van der Waals surface area (Å²) in [6, 6.07) is 11.3. The molecule has 29 heavy (non-hydrogen) atoms. The van der Waals surface area contributed by atoms with Gasteiger partial charge in [-0.25, -0.2) is 4.39 Å². The van der Waals surface area contributed by atoms with Crippen LogP contribution in [0, 0.1) is 5.82 Å². The van der Waals surface area contributed by atoms with Crippen LogP contribution in [0.1, 0.15) is 31.2 Å². The number of rotatable bonds is 5. The van der Waals surface area contributed by atoms with Crippen molar-refractivity contribution in [3.63, 3.8) is 0 Å². The lowest BCUT2D eigenvalue weighted by Gasteiger charge is -2.27. The van der Waals surface area contributed by atoms with E-state index < -0.39 is 29.7 Å². The Morgan fingerprint density at radius 2 is 1.76 bits per heavy atom. The van der Waals surface area contributed by atoms with Gasteiger partial charge in [0.05, 0.1) is 5.41 Å². The first kappa shape index (κ1) is 19.2. The largest absolute Gasteiger partial charge is 0.486 e. The SMILES string of the molecule is O=C(COC(=O)C1(c2ccccc2F)CCCC1)Nc1ccc2c(c1)OCCO2. The van der Waals surface area contributed by atoms with Crippen LogP contribution in [0.3, 0.4) is 0 Å². The van der Waals surface area contributed by atoms with Crippen molar-refractivity contribution in [1.29, 1.82) is 0 Å². The predicted octanol–water partition coefficient (Wildman–Crippen LogP) is 3.59.